The monoisotopic (exact) mass is 270 g/mol. The van der Waals surface area contributed by atoms with E-state index in [0.717, 1.165) is 11.3 Å². The first-order valence-electron chi connectivity index (χ1n) is 4.74. The Balaban J connectivity index is 2.26. The van der Waals surface area contributed by atoms with E-state index in [-0.39, 0.29) is 9.96 Å². The quantitative estimate of drug-likeness (QED) is 0.801. The minimum atomic E-state index is -3.73. The van der Waals surface area contributed by atoms with Gasteiger partial charge in [0.25, 0.3) is 0 Å². The van der Waals surface area contributed by atoms with E-state index in [1.807, 2.05) is 0 Å². The van der Waals surface area contributed by atoms with Gasteiger partial charge in [-0.15, -0.1) is 11.3 Å². The van der Waals surface area contributed by atoms with Crippen LogP contribution in [0.1, 0.15) is 0 Å². The van der Waals surface area contributed by atoms with Gasteiger partial charge in [0.1, 0.15) is 11.5 Å². The summed E-state index contributed by atoms with van der Waals surface area (Å²) in [6, 6.07) is 9.62. The average Bonchev–Trinajstić information content (AvgIpc) is 2.83. The second-order valence-corrected chi connectivity index (χ2v) is 5.87. The van der Waals surface area contributed by atoms with Gasteiger partial charge < -0.3 is 8.92 Å². The Morgan fingerprint density at radius 3 is 2.53 bits per heavy atom. The van der Waals surface area contributed by atoms with Gasteiger partial charge in [0, 0.05) is 6.07 Å². The summed E-state index contributed by atoms with van der Waals surface area (Å²) in [5, 5.41) is 1.68. The lowest BCUT2D eigenvalue weighted by molar-refractivity contribution is 0.411. The van der Waals surface area contributed by atoms with Crippen molar-refractivity contribution in [2.24, 2.45) is 0 Å². The first-order valence-corrected chi connectivity index (χ1v) is 7.03. The maximum Gasteiger partial charge on any atom is 0.348 e. The molecule has 1 aromatic heterocycles. The molecule has 0 amide bonds. The minimum absolute atomic E-state index is 0.181. The smallest absolute Gasteiger partial charge is 0.348 e. The van der Waals surface area contributed by atoms with Gasteiger partial charge in [-0.3, -0.25) is 0 Å². The van der Waals surface area contributed by atoms with E-state index in [1.165, 1.54) is 19.2 Å². The maximum absolute atomic E-state index is 11.8. The number of ether oxygens (including phenoxy) is 1. The van der Waals surface area contributed by atoms with Crippen LogP contribution in [0.4, 0.5) is 0 Å². The number of thiophene rings is 1. The summed E-state index contributed by atoms with van der Waals surface area (Å²) in [6.45, 7) is 0. The van der Waals surface area contributed by atoms with Crippen molar-refractivity contribution in [3.63, 3.8) is 0 Å². The molecule has 2 aromatic rings. The molecular weight excluding hydrogens is 260 g/mol. The van der Waals surface area contributed by atoms with E-state index < -0.39 is 10.1 Å². The topological polar surface area (TPSA) is 52.6 Å². The van der Waals surface area contributed by atoms with Crippen LogP contribution >= 0.6 is 11.3 Å². The van der Waals surface area contributed by atoms with Gasteiger partial charge in [-0.05, 0) is 23.6 Å². The molecule has 2 rings (SSSR count). The first-order chi connectivity index (χ1) is 8.12. The molecule has 1 aromatic carbocycles. The van der Waals surface area contributed by atoms with Gasteiger partial charge >= 0.3 is 10.1 Å². The van der Waals surface area contributed by atoms with Gasteiger partial charge in [-0.1, -0.05) is 12.1 Å². The Morgan fingerprint density at radius 2 is 1.88 bits per heavy atom. The normalized spacial score (nSPS) is 11.1. The van der Waals surface area contributed by atoms with Gasteiger partial charge in [0.05, 0.1) is 7.11 Å². The number of benzene rings is 1. The summed E-state index contributed by atoms with van der Waals surface area (Å²) in [5.41, 5.74) is 0. The van der Waals surface area contributed by atoms with Crippen LogP contribution in [0, 0.1) is 0 Å². The fraction of sp³-hybridized carbons (Fsp3) is 0.0909. The van der Waals surface area contributed by atoms with Crippen molar-refractivity contribution in [1.82, 2.24) is 0 Å². The molecule has 0 saturated heterocycles. The van der Waals surface area contributed by atoms with Crippen molar-refractivity contribution in [1.29, 1.82) is 0 Å². The van der Waals surface area contributed by atoms with E-state index in [1.54, 1.807) is 29.6 Å². The molecule has 0 fully saturated rings. The molecule has 0 bridgehead atoms. The third-order valence-corrected chi connectivity index (χ3v) is 4.59. The zero-order valence-electron chi connectivity index (χ0n) is 8.99. The summed E-state index contributed by atoms with van der Waals surface area (Å²) in [4.78, 5) is 0. The van der Waals surface area contributed by atoms with Crippen LogP contribution in [0.25, 0.3) is 0 Å². The third kappa shape index (κ3) is 2.78. The van der Waals surface area contributed by atoms with Crippen molar-refractivity contribution in [2.75, 3.05) is 7.11 Å². The number of hydrogen-bond acceptors (Lipinski definition) is 5. The van der Waals surface area contributed by atoms with Crippen molar-refractivity contribution >= 4 is 21.5 Å². The Morgan fingerprint density at radius 1 is 1.12 bits per heavy atom. The molecule has 1 heterocycles. The standard InChI is InChI=1S/C11H10O4S2/c1-14-9-4-2-5-10(8-9)15-17(12,13)11-6-3-7-16-11/h2-8H,1H3. The highest BCUT2D eigenvalue weighted by Gasteiger charge is 2.17. The Kier molecular flexibility index (Phi) is 3.35. The Hall–Kier alpha value is -1.53. The molecule has 0 radical (unpaired) electrons. The lowest BCUT2D eigenvalue weighted by Crippen LogP contribution is -2.07. The minimum Gasteiger partial charge on any atom is -0.497 e. The fourth-order valence-electron chi connectivity index (χ4n) is 1.23. The van der Waals surface area contributed by atoms with E-state index in [2.05, 4.69) is 0 Å². The first kappa shape index (κ1) is 11.9. The number of hydrogen-bond donors (Lipinski definition) is 0. The molecular formula is C11H10O4S2. The molecule has 6 heteroatoms. The van der Waals surface area contributed by atoms with E-state index in [0.29, 0.717) is 5.75 Å². The molecule has 17 heavy (non-hydrogen) atoms. The summed E-state index contributed by atoms with van der Waals surface area (Å²) in [6.07, 6.45) is 0. The predicted molar refractivity (Wildman–Crippen MR) is 65.1 cm³/mol. The lowest BCUT2D eigenvalue weighted by Gasteiger charge is -2.06. The molecule has 90 valence electrons. The molecule has 0 N–H and O–H groups in total. The summed E-state index contributed by atoms with van der Waals surface area (Å²) in [5.74, 6) is 0.779. The highest BCUT2D eigenvalue weighted by Crippen LogP contribution is 2.24. The molecule has 0 spiro atoms. The molecule has 0 unspecified atom stereocenters. The molecule has 4 nitrogen and oxygen atoms in total. The van der Waals surface area contributed by atoms with Crippen LogP contribution in [0.15, 0.2) is 46.0 Å². The van der Waals surface area contributed by atoms with Crippen LogP contribution < -0.4 is 8.92 Å². The van der Waals surface area contributed by atoms with Crippen LogP contribution in [0.3, 0.4) is 0 Å². The summed E-state index contributed by atoms with van der Waals surface area (Å²) in [7, 11) is -2.23. The predicted octanol–water partition coefficient (Wildman–Crippen LogP) is 2.52. The van der Waals surface area contributed by atoms with Crippen molar-refractivity contribution < 1.29 is 17.3 Å². The second kappa shape index (κ2) is 4.77. The van der Waals surface area contributed by atoms with E-state index in [9.17, 15) is 8.42 Å². The van der Waals surface area contributed by atoms with Crippen LogP contribution in [0.5, 0.6) is 11.5 Å². The largest absolute Gasteiger partial charge is 0.497 e. The van der Waals surface area contributed by atoms with Crippen molar-refractivity contribution in [2.45, 2.75) is 4.21 Å². The van der Waals surface area contributed by atoms with Gasteiger partial charge in [0.15, 0.2) is 4.21 Å². The summed E-state index contributed by atoms with van der Waals surface area (Å²) < 4.78 is 33.8. The molecule has 0 aliphatic carbocycles. The van der Waals surface area contributed by atoms with E-state index >= 15 is 0 Å². The van der Waals surface area contributed by atoms with Crippen LogP contribution in [-0.2, 0) is 10.1 Å². The summed E-state index contributed by atoms with van der Waals surface area (Å²) >= 11 is 1.11. The number of methoxy groups -OCH3 is 1. The Labute approximate surface area is 104 Å². The maximum atomic E-state index is 11.8. The zero-order chi connectivity index (χ0) is 12.3. The molecule has 0 aliphatic heterocycles. The fourth-order valence-corrected chi connectivity index (χ4v) is 3.10. The van der Waals surface area contributed by atoms with Crippen LogP contribution in [0.2, 0.25) is 0 Å². The highest BCUT2D eigenvalue weighted by molar-refractivity contribution is 7.89. The van der Waals surface area contributed by atoms with Gasteiger partial charge in [-0.2, -0.15) is 8.42 Å². The molecule has 0 saturated carbocycles. The zero-order valence-corrected chi connectivity index (χ0v) is 10.6. The van der Waals surface area contributed by atoms with Crippen molar-refractivity contribution in [3.05, 3.63) is 41.8 Å². The Bertz CT molecular complexity index is 588. The third-order valence-electron chi connectivity index (χ3n) is 1.99. The van der Waals surface area contributed by atoms with Crippen LogP contribution in [-0.4, -0.2) is 15.5 Å². The van der Waals surface area contributed by atoms with Gasteiger partial charge in [-0.25, -0.2) is 0 Å². The SMILES string of the molecule is COc1cccc(OS(=O)(=O)c2cccs2)c1. The van der Waals surface area contributed by atoms with E-state index in [4.69, 9.17) is 8.92 Å². The van der Waals surface area contributed by atoms with Gasteiger partial charge in [0.2, 0.25) is 0 Å². The molecule has 0 atom stereocenters. The highest BCUT2D eigenvalue weighted by atomic mass is 32.3. The average molecular weight is 270 g/mol. The number of rotatable bonds is 4. The second-order valence-electron chi connectivity index (χ2n) is 3.15. The van der Waals surface area contributed by atoms with Crippen molar-refractivity contribution in [3.8, 4) is 11.5 Å². The lowest BCUT2D eigenvalue weighted by atomic mass is 10.3. The molecule has 0 aliphatic rings.